The van der Waals surface area contributed by atoms with Crippen LogP contribution in [0.2, 0.25) is 0 Å². The van der Waals surface area contributed by atoms with Crippen LogP contribution in [0.5, 0.6) is 0 Å². The standard InChI is InChI=1S/C72H71BN2S2/c1-13-69(5,6)44-31-36-48(37-32-44)74-59-29-22-30-60-64(59)73(67-65(74)56-42-46(71(9,10)15-3)34-39-61(56)76-67)68-66(57-43-47(72(11,12)16-4)35-40-62(57)77-68)75(60)58-38-33-45(70(7,8)14-2)41-55(58)54-28-21-27-53-51-24-18-17-23-49(51)50-25-19-20-26-52(50)63(53)54/h17-43H,13-16H2,1-12H3. The molecule has 77 heavy (non-hydrogen) atoms. The van der Waals surface area contributed by atoms with E-state index in [1.165, 1.54) is 135 Å². The molecule has 2 aliphatic rings. The van der Waals surface area contributed by atoms with Crippen LogP contribution in [0.1, 0.15) is 131 Å². The van der Waals surface area contributed by atoms with Crippen molar-refractivity contribution in [3.05, 3.63) is 186 Å². The van der Waals surface area contributed by atoms with Gasteiger partial charge in [0.15, 0.2) is 0 Å². The van der Waals surface area contributed by atoms with E-state index in [2.05, 4.69) is 257 Å². The highest BCUT2D eigenvalue weighted by Gasteiger charge is 2.47. The van der Waals surface area contributed by atoms with Crippen molar-refractivity contribution in [1.82, 2.24) is 0 Å². The molecule has 2 aliphatic heterocycles. The highest BCUT2D eigenvalue weighted by molar-refractivity contribution is 7.40. The predicted octanol–water partition coefficient (Wildman–Crippen LogP) is 20.1. The molecule has 0 amide bonds. The molecule has 0 saturated heterocycles. The van der Waals surface area contributed by atoms with Crippen LogP contribution in [0, 0.1) is 0 Å². The fourth-order valence-corrected chi connectivity index (χ4v) is 15.3. The van der Waals surface area contributed by atoms with Gasteiger partial charge in [0.1, 0.15) is 0 Å². The van der Waals surface area contributed by atoms with Crippen LogP contribution in [0.4, 0.5) is 34.1 Å². The third-order valence-corrected chi connectivity index (χ3v) is 21.7. The maximum Gasteiger partial charge on any atom is 0.277 e. The van der Waals surface area contributed by atoms with Gasteiger partial charge in [0, 0.05) is 52.4 Å². The Balaban J connectivity index is 1.16. The Kier molecular flexibility index (Phi) is 11.6. The molecule has 13 rings (SSSR count). The van der Waals surface area contributed by atoms with Gasteiger partial charge in [-0.05, 0) is 174 Å². The van der Waals surface area contributed by atoms with E-state index in [0.717, 1.165) is 25.7 Å². The quantitative estimate of drug-likeness (QED) is 0.0941. The van der Waals surface area contributed by atoms with Gasteiger partial charge in [0.2, 0.25) is 0 Å². The zero-order valence-corrected chi connectivity index (χ0v) is 48.8. The number of hydrogen-bond donors (Lipinski definition) is 0. The monoisotopic (exact) mass is 1040 g/mol. The molecule has 0 unspecified atom stereocenters. The largest absolute Gasteiger partial charge is 0.310 e. The molecule has 0 aliphatic carbocycles. The second-order valence-corrected chi connectivity index (χ2v) is 27.1. The van der Waals surface area contributed by atoms with E-state index in [4.69, 9.17) is 0 Å². The van der Waals surface area contributed by atoms with Crippen LogP contribution < -0.4 is 24.8 Å². The van der Waals surface area contributed by atoms with Crippen molar-refractivity contribution >= 4 is 131 Å². The van der Waals surface area contributed by atoms with Crippen LogP contribution >= 0.6 is 22.7 Å². The number of hydrogen-bond acceptors (Lipinski definition) is 4. The van der Waals surface area contributed by atoms with Crippen molar-refractivity contribution in [2.45, 2.75) is 130 Å². The number of rotatable bonds is 11. The first-order valence-electron chi connectivity index (χ1n) is 28.4. The van der Waals surface area contributed by atoms with Crippen LogP contribution in [0.15, 0.2) is 164 Å². The number of thiophene rings is 2. The summed E-state index contributed by atoms with van der Waals surface area (Å²) in [6, 6.07) is 64.4. The van der Waals surface area contributed by atoms with E-state index in [-0.39, 0.29) is 28.4 Å². The number of benzene rings is 9. The molecule has 0 spiro atoms. The van der Waals surface area contributed by atoms with Crippen LogP contribution in [0.25, 0.3) is 63.6 Å². The Bertz CT molecular complexity index is 4140. The summed E-state index contributed by atoms with van der Waals surface area (Å²) in [5, 5.41) is 10.5. The lowest BCUT2D eigenvalue weighted by Crippen LogP contribution is -2.59. The Morgan fingerprint density at radius 2 is 0.779 bits per heavy atom. The zero-order valence-electron chi connectivity index (χ0n) is 47.2. The van der Waals surface area contributed by atoms with Crippen molar-refractivity contribution in [1.29, 1.82) is 0 Å². The maximum atomic E-state index is 2.73. The van der Waals surface area contributed by atoms with E-state index in [1.807, 2.05) is 22.7 Å². The Morgan fingerprint density at radius 3 is 1.31 bits per heavy atom. The SMILES string of the molecule is CCC(C)(C)c1ccc(N2c3cccc4c3B(c3sc5ccc(C(C)(C)CC)cc5c32)c2sc3ccc(C(C)(C)CC)cc3c2N4c2ccc(C(C)(C)CC)cc2-c2cccc3c4ccccc4c4ccccc4c23)cc1. The Morgan fingerprint density at radius 1 is 0.364 bits per heavy atom. The molecule has 0 N–H and O–H groups in total. The van der Waals surface area contributed by atoms with Crippen LogP contribution in [-0.4, -0.2) is 6.71 Å². The number of nitrogens with zero attached hydrogens (tertiary/aromatic N) is 2. The van der Waals surface area contributed by atoms with Crippen LogP contribution in [0.3, 0.4) is 0 Å². The molecule has 0 atom stereocenters. The molecule has 0 radical (unpaired) electrons. The fraction of sp³-hybridized carbons (Fsp3) is 0.278. The lowest BCUT2D eigenvalue weighted by molar-refractivity contribution is 0.506. The minimum atomic E-state index is -0.0431. The molecule has 0 fully saturated rings. The predicted molar refractivity (Wildman–Crippen MR) is 342 cm³/mol. The molecule has 9 aromatic carbocycles. The van der Waals surface area contributed by atoms with Gasteiger partial charge in [-0.3, -0.25) is 0 Å². The number of anilines is 6. The Labute approximate surface area is 465 Å². The van der Waals surface area contributed by atoms with E-state index >= 15 is 0 Å². The fourth-order valence-electron chi connectivity index (χ4n) is 12.7. The lowest BCUT2D eigenvalue weighted by Gasteiger charge is -2.42. The molecule has 4 heterocycles. The van der Waals surface area contributed by atoms with Gasteiger partial charge in [-0.2, -0.15) is 0 Å². The van der Waals surface area contributed by atoms with Crippen LogP contribution in [-0.2, 0) is 21.7 Å². The van der Waals surface area contributed by atoms with Crippen molar-refractivity contribution in [3.63, 3.8) is 0 Å². The summed E-state index contributed by atoms with van der Waals surface area (Å²) < 4.78 is 5.53. The zero-order chi connectivity index (χ0) is 53.5. The van der Waals surface area contributed by atoms with Crippen molar-refractivity contribution in [3.8, 4) is 11.1 Å². The summed E-state index contributed by atoms with van der Waals surface area (Å²) in [4.78, 5) is 5.39. The highest BCUT2D eigenvalue weighted by Crippen LogP contribution is 2.54. The first-order chi connectivity index (χ1) is 37.0. The van der Waals surface area contributed by atoms with Gasteiger partial charge in [-0.25, -0.2) is 0 Å². The normalized spacial score (nSPS) is 13.8. The van der Waals surface area contributed by atoms with E-state index in [0.29, 0.717) is 0 Å². The first kappa shape index (κ1) is 49.9. The van der Waals surface area contributed by atoms with E-state index < -0.39 is 0 Å². The highest BCUT2D eigenvalue weighted by atomic mass is 32.1. The van der Waals surface area contributed by atoms with Crippen molar-refractivity contribution < 1.29 is 0 Å². The molecule has 2 aromatic heterocycles. The molecule has 0 saturated carbocycles. The maximum absolute atomic E-state index is 2.73. The van der Waals surface area contributed by atoms with Crippen molar-refractivity contribution in [2.24, 2.45) is 0 Å². The summed E-state index contributed by atoms with van der Waals surface area (Å²) >= 11 is 4.03. The Hall–Kier alpha value is -6.66. The van der Waals surface area contributed by atoms with Gasteiger partial charge in [0.05, 0.1) is 17.1 Å². The number of fused-ring (bicyclic) bond motifs is 14. The van der Waals surface area contributed by atoms with Gasteiger partial charge in [-0.15, -0.1) is 22.7 Å². The molecule has 5 heteroatoms. The van der Waals surface area contributed by atoms with Gasteiger partial charge < -0.3 is 9.80 Å². The molecule has 11 aromatic rings. The third-order valence-electron chi connectivity index (χ3n) is 19.3. The molecule has 0 bridgehead atoms. The van der Waals surface area contributed by atoms with E-state index in [9.17, 15) is 0 Å². The summed E-state index contributed by atoms with van der Waals surface area (Å²) in [6.45, 7) is 28.6. The van der Waals surface area contributed by atoms with Gasteiger partial charge in [0.25, 0.3) is 6.71 Å². The third kappa shape index (κ3) is 7.53. The first-order valence-corrected chi connectivity index (χ1v) is 30.1. The molecular formula is C72H71BN2S2. The summed E-state index contributed by atoms with van der Waals surface area (Å²) in [5.41, 5.74) is 17.1. The minimum Gasteiger partial charge on any atom is -0.310 e. The molecule has 384 valence electrons. The molecule has 2 nitrogen and oxygen atoms in total. The van der Waals surface area contributed by atoms with Gasteiger partial charge >= 0.3 is 0 Å². The molecular weight excluding hydrogens is 968 g/mol. The van der Waals surface area contributed by atoms with E-state index in [1.54, 1.807) is 0 Å². The van der Waals surface area contributed by atoms with Gasteiger partial charge in [-0.1, -0.05) is 186 Å². The summed E-state index contributed by atoms with van der Waals surface area (Å²) in [5.74, 6) is 0. The topological polar surface area (TPSA) is 6.48 Å². The van der Waals surface area contributed by atoms with Crippen molar-refractivity contribution in [2.75, 3.05) is 9.80 Å². The summed E-state index contributed by atoms with van der Waals surface area (Å²) in [7, 11) is 0. The summed E-state index contributed by atoms with van der Waals surface area (Å²) in [6.07, 6.45) is 4.24. The minimum absolute atomic E-state index is 0.00869. The second kappa shape index (κ2) is 17.9. The average Bonchev–Trinajstić information content (AvgIpc) is 4.03. The average molecular weight is 1040 g/mol. The second-order valence-electron chi connectivity index (χ2n) is 24.9. The smallest absolute Gasteiger partial charge is 0.277 e. The lowest BCUT2D eigenvalue weighted by atomic mass is 9.39.